The Hall–Kier alpha value is -1.62. The number of hydrogen-bond acceptors (Lipinski definition) is 4. The van der Waals surface area contributed by atoms with E-state index in [4.69, 9.17) is 0 Å². The molecule has 94 valence electrons. The van der Waals surface area contributed by atoms with Crippen LogP contribution in [0.4, 0.5) is 5.82 Å². The summed E-state index contributed by atoms with van der Waals surface area (Å²) in [6, 6.07) is 2.65. The zero-order valence-electron chi connectivity index (χ0n) is 10.3. The summed E-state index contributed by atoms with van der Waals surface area (Å²) in [5.41, 5.74) is 1.12. The first-order valence-electron chi connectivity index (χ1n) is 6.69. The van der Waals surface area contributed by atoms with E-state index in [-0.39, 0.29) is 0 Å². The molecule has 0 amide bonds. The second kappa shape index (κ2) is 3.95. The van der Waals surface area contributed by atoms with Gasteiger partial charge >= 0.3 is 0 Å². The van der Waals surface area contributed by atoms with Gasteiger partial charge in [-0.1, -0.05) is 0 Å². The maximum Gasteiger partial charge on any atom is 0.154 e. The Balaban J connectivity index is 1.79. The van der Waals surface area contributed by atoms with E-state index in [2.05, 4.69) is 20.3 Å². The number of fused-ring (bicyclic) bond motifs is 2. The second-order valence-electron chi connectivity index (χ2n) is 5.23. The number of hydrogen-bond donors (Lipinski definition) is 1. The quantitative estimate of drug-likeness (QED) is 0.809. The fourth-order valence-electron chi connectivity index (χ4n) is 3.40. The Bertz CT molecular complexity index is 563. The molecule has 4 heterocycles. The van der Waals surface area contributed by atoms with Gasteiger partial charge in [0.1, 0.15) is 5.52 Å². The minimum Gasteiger partial charge on any atom is -0.350 e. The van der Waals surface area contributed by atoms with Gasteiger partial charge in [0.15, 0.2) is 5.82 Å². The van der Waals surface area contributed by atoms with Crippen molar-refractivity contribution in [3.63, 3.8) is 0 Å². The summed E-state index contributed by atoms with van der Waals surface area (Å²) in [5, 5.41) is 7.81. The number of piperidine rings is 1. The largest absolute Gasteiger partial charge is 0.350 e. The number of anilines is 1. The van der Waals surface area contributed by atoms with E-state index in [1.54, 1.807) is 0 Å². The third-order valence-electron chi connectivity index (χ3n) is 4.25. The van der Waals surface area contributed by atoms with Crippen molar-refractivity contribution in [2.45, 2.75) is 18.9 Å². The lowest BCUT2D eigenvalue weighted by Crippen LogP contribution is -2.45. The molecule has 2 aromatic heterocycles. The molecule has 2 saturated heterocycles. The van der Waals surface area contributed by atoms with Crippen molar-refractivity contribution in [3.05, 3.63) is 24.7 Å². The van der Waals surface area contributed by atoms with Crippen molar-refractivity contribution in [2.75, 3.05) is 24.5 Å². The average molecular weight is 243 g/mol. The zero-order chi connectivity index (χ0) is 11.9. The molecule has 2 aliphatic heterocycles. The fraction of sp³-hybridized carbons (Fsp3) is 0.538. The highest BCUT2D eigenvalue weighted by Gasteiger charge is 2.36. The molecule has 0 saturated carbocycles. The summed E-state index contributed by atoms with van der Waals surface area (Å²) in [5.74, 6) is 1.87. The predicted molar refractivity (Wildman–Crippen MR) is 69.7 cm³/mol. The summed E-state index contributed by atoms with van der Waals surface area (Å²) >= 11 is 0. The summed E-state index contributed by atoms with van der Waals surface area (Å²) in [7, 11) is 0. The molecule has 0 aliphatic carbocycles. The first-order valence-corrected chi connectivity index (χ1v) is 6.69. The summed E-state index contributed by atoms with van der Waals surface area (Å²) in [6.07, 6.45) is 8.21. The first-order chi connectivity index (χ1) is 8.93. The molecule has 2 aromatic rings. The highest BCUT2D eigenvalue weighted by Crippen LogP contribution is 2.31. The molecule has 5 nitrogen and oxygen atoms in total. The monoisotopic (exact) mass is 243 g/mol. The molecule has 18 heavy (non-hydrogen) atoms. The van der Waals surface area contributed by atoms with Crippen molar-refractivity contribution in [2.24, 2.45) is 5.92 Å². The minimum absolute atomic E-state index is 0.604. The van der Waals surface area contributed by atoms with Crippen molar-refractivity contribution in [3.8, 4) is 0 Å². The van der Waals surface area contributed by atoms with Crippen LogP contribution < -0.4 is 10.2 Å². The molecule has 5 heteroatoms. The van der Waals surface area contributed by atoms with Gasteiger partial charge in [0, 0.05) is 38.1 Å². The maximum absolute atomic E-state index is 4.60. The fourth-order valence-corrected chi connectivity index (χ4v) is 3.40. The minimum atomic E-state index is 0.604. The van der Waals surface area contributed by atoms with E-state index < -0.39 is 0 Å². The number of rotatable bonds is 1. The van der Waals surface area contributed by atoms with Crippen molar-refractivity contribution >= 4 is 11.3 Å². The molecule has 0 spiro atoms. The maximum atomic E-state index is 4.60. The van der Waals surface area contributed by atoms with E-state index >= 15 is 0 Å². The van der Waals surface area contributed by atoms with Gasteiger partial charge in [-0.15, -0.1) is 0 Å². The van der Waals surface area contributed by atoms with Crippen LogP contribution in [0.3, 0.4) is 0 Å². The highest BCUT2D eigenvalue weighted by atomic mass is 15.3. The van der Waals surface area contributed by atoms with Crippen molar-refractivity contribution in [1.29, 1.82) is 0 Å². The van der Waals surface area contributed by atoms with Gasteiger partial charge in [0.2, 0.25) is 0 Å². The van der Waals surface area contributed by atoms with Gasteiger partial charge < -0.3 is 10.2 Å². The Labute approximate surface area is 106 Å². The lowest BCUT2D eigenvalue weighted by molar-refractivity contribution is 0.383. The Morgan fingerprint density at radius 1 is 1.28 bits per heavy atom. The normalized spacial score (nSPS) is 27.7. The topological polar surface area (TPSA) is 45.5 Å². The van der Waals surface area contributed by atoms with Crippen LogP contribution in [0.2, 0.25) is 0 Å². The Morgan fingerprint density at radius 3 is 3.28 bits per heavy atom. The standard InChI is InChI=1S/C13H17N5/c1-2-10-8-14-9-12(10)17(6-1)13-11-3-4-16-18(11)7-5-15-13/h3-5,7,10,12,14H,1-2,6,8-9H2. The second-order valence-corrected chi connectivity index (χ2v) is 5.23. The summed E-state index contributed by atoms with van der Waals surface area (Å²) < 4.78 is 1.91. The summed E-state index contributed by atoms with van der Waals surface area (Å²) in [6.45, 7) is 3.35. The van der Waals surface area contributed by atoms with Crippen LogP contribution in [0.15, 0.2) is 24.7 Å². The molecule has 2 atom stereocenters. The van der Waals surface area contributed by atoms with Crippen LogP contribution in [-0.2, 0) is 0 Å². The lowest BCUT2D eigenvalue weighted by Gasteiger charge is -2.38. The van der Waals surface area contributed by atoms with Gasteiger partial charge in [-0.2, -0.15) is 5.10 Å². The van der Waals surface area contributed by atoms with E-state index in [1.165, 1.54) is 12.8 Å². The molecule has 4 rings (SSSR count). The smallest absolute Gasteiger partial charge is 0.154 e. The number of nitrogens with zero attached hydrogens (tertiary/aromatic N) is 4. The Morgan fingerprint density at radius 2 is 2.28 bits per heavy atom. The van der Waals surface area contributed by atoms with Gasteiger partial charge in [0.05, 0.1) is 6.20 Å². The van der Waals surface area contributed by atoms with Crippen LogP contribution in [0.25, 0.3) is 5.52 Å². The predicted octanol–water partition coefficient (Wildman–Crippen LogP) is 0.917. The third-order valence-corrected chi connectivity index (χ3v) is 4.25. The van der Waals surface area contributed by atoms with Gasteiger partial charge in [-0.05, 0) is 24.8 Å². The molecule has 0 aromatic carbocycles. The molecule has 1 N–H and O–H groups in total. The summed E-state index contributed by atoms with van der Waals surface area (Å²) in [4.78, 5) is 7.08. The van der Waals surface area contributed by atoms with Crippen LogP contribution in [-0.4, -0.2) is 40.3 Å². The van der Waals surface area contributed by atoms with Gasteiger partial charge in [-0.25, -0.2) is 9.50 Å². The molecular weight excluding hydrogens is 226 g/mol. The first kappa shape index (κ1) is 10.3. The zero-order valence-corrected chi connectivity index (χ0v) is 10.3. The average Bonchev–Trinajstić information content (AvgIpc) is 3.06. The lowest BCUT2D eigenvalue weighted by atomic mass is 9.92. The van der Waals surface area contributed by atoms with E-state index in [9.17, 15) is 0 Å². The van der Waals surface area contributed by atoms with Crippen LogP contribution in [0, 0.1) is 5.92 Å². The van der Waals surface area contributed by atoms with Crippen LogP contribution in [0.1, 0.15) is 12.8 Å². The molecule has 2 unspecified atom stereocenters. The van der Waals surface area contributed by atoms with Crippen molar-refractivity contribution < 1.29 is 0 Å². The van der Waals surface area contributed by atoms with E-state index in [1.807, 2.05) is 29.2 Å². The van der Waals surface area contributed by atoms with Crippen LogP contribution in [0.5, 0.6) is 0 Å². The third kappa shape index (κ3) is 1.43. The Kier molecular flexibility index (Phi) is 2.26. The van der Waals surface area contributed by atoms with Gasteiger partial charge in [-0.3, -0.25) is 0 Å². The van der Waals surface area contributed by atoms with Gasteiger partial charge in [0.25, 0.3) is 0 Å². The highest BCUT2D eigenvalue weighted by molar-refractivity contribution is 5.68. The number of nitrogens with one attached hydrogen (secondary N) is 1. The van der Waals surface area contributed by atoms with E-state index in [0.717, 1.165) is 36.9 Å². The molecule has 2 aliphatic rings. The molecule has 0 radical (unpaired) electrons. The molecule has 0 bridgehead atoms. The number of aromatic nitrogens is 3. The van der Waals surface area contributed by atoms with Crippen molar-refractivity contribution in [1.82, 2.24) is 19.9 Å². The van der Waals surface area contributed by atoms with E-state index in [0.29, 0.717) is 6.04 Å². The van der Waals surface area contributed by atoms with Crippen LogP contribution >= 0.6 is 0 Å². The SMILES string of the molecule is c1cn2nccc2c(N2CCCC3CNCC32)n1. The molecule has 2 fully saturated rings. The molecular formula is C13H17N5.